The van der Waals surface area contributed by atoms with Crippen molar-refractivity contribution in [3.8, 4) is 0 Å². The molecule has 3 aromatic rings. The lowest BCUT2D eigenvalue weighted by Crippen LogP contribution is -2.19. The van der Waals surface area contributed by atoms with E-state index in [0.717, 1.165) is 10.9 Å². The van der Waals surface area contributed by atoms with Gasteiger partial charge in [-0.05, 0) is 35.5 Å². The van der Waals surface area contributed by atoms with Gasteiger partial charge >= 0.3 is 0 Å². The molecule has 0 radical (unpaired) electrons. The Hall–Kier alpha value is -2.26. The van der Waals surface area contributed by atoms with Crippen LogP contribution in [-0.2, 0) is 0 Å². The molecule has 0 aliphatic carbocycles. The lowest BCUT2D eigenvalue weighted by Gasteiger charge is -2.18. The maximum absolute atomic E-state index is 13.9. The van der Waals surface area contributed by atoms with E-state index in [2.05, 4.69) is 34.6 Å². The van der Waals surface area contributed by atoms with Crippen LogP contribution in [-0.4, -0.2) is 12.0 Å². The number of halogens is 1. The second kappa shape index (κ2) is 5.39. The third-order valence-corrected chi connectivity index (χ3v) is 3.51. The number of hydrogen-bond acceptors (Lipinski definition) is 2. The smallest absolute Gasteiger partial charge is 0.146 e. The molecular weight excluding hydrogens is 251 g/mol. The van der Waals surface area contributed by atoms with Crippen molar-refractivity contribution in [3.05, 3.63) is 77.9 Å². The molecule has 1 unspecified atom stereocenters. The molecule has 2 nitrogen and oxygen atoms in total. The van der Waals surface area contributed by atoms with E-state index in [-0.39, 0.29) is 11.9 Å². The average molecular weight is 266 g/mol. The van der Waals surface area contributed by atoms with Gasteiger partial charge in [-0.3, -0.25) is 4.98 Å². The van der Waals surface area contributed by atoms with Gasteiger partial charge < -0.3 is 5.32 Å². The first kappa shape index (κ1) is 12.8. The summed E-state index contributed by atoms with van der Waals surface area (Å²) in [6.07, 6.45) is 2.87. The minimum absolute atomic E-state index is 0.178. The number of benzene rings is 2. The second-order valence-electron chi connectivity index (χ2n) is 4.73. The molecule has 1 aromatic heterocycles. The molecule has 0 bridgehead atoms. The van der Waals surface area contributed by atoms with Gasteiger partial charge in [0, 0.05) is 11.8 Å². The standard InChI is InChI=1S/C17H15FN2/c1-19-17(15-8-9-20-11-16(15)18)14-7-6-12-4-2-3-5-13(12)10-14/h2-11,17,19H,1H3. The van der Waals surface area contributed by atoms with E-state index in [9.17, 15) is 4.39 Å². The highest BCUT2D eigenvalue weighted by Gasteiger charge is 2.16. The number of hydrogen-bond donors (Lipinski definition) is 1. The van der Waals surface area contributed by atoms with E-state index in [4.69, 9.17) is 0 Å². The topological polar surface area (TPSA) is 24.9 Å². The SMILES string of the molecule is CNC(c1ccc2ccccc2c1)c1ccncc1F. The number of aromatic nitrogens is 1. The Kier molecular flexibility index (Phi) is 3.44. The van der Waals surface area contributed by atoms with Gasteiger partial charge in [0.15, 0.2) is 0 Å². The highest BCUT2D eigenvalue weighted by Crippen LogP contribution is 2.26. The van der Waals surface area contributed by atoms with Crippen LogP contribution < -0.4 is 5.32 Å². The zero-order chi connectivity index (χ0) is 13.9. The minimum atomic E-state index is -0.292. The third-order valence-electron chi connectivity index (χ3n) is 3.51. The van der Waals surface area contributed by atoms with E-state index in [0.29, 0.717) is 5.56 Å². The molecule has 0 aliphatic rings. The number of nitrogens with zero attached hydrogens (tertiary/aromatic N) is 1. The zero-order valence-corrected chi connectivity index (χ0v) is 11.2. The summed E-state index contributed by atoms with van der Waals surface area (Å²) < 4.78 is 13.9. The predicted octanol–water partition coefficient (Wildman–Crippen LogP) is 3.68. The van der Waals surface area contributed by atoms with Crippen molar-refractivity contribution in [3.63, 3.8) is 0 Å². The van der Waals surface area contributed by atoms with Gasteiger partial charge in [0.05, 0.1) is 12.2 Å². The molecule has 0 spiro atoms. The Morgan fingerprint density at radius 2 is 1.85 bits per heavy atom. The molecule has 0 saturated carbocycles. The first-order valence-electron chi connectivity index (χ1n) is 6.55. The summed E-state index contributed by atoms with van der Waals surface area (Å²) >= 11 is 0. The van der Waals surface area contributed by atoms with Crippen LogP contribution in [0.1, 0.15) is 17.2 Å². The average Bonchev–Trinajstić information content (AvgIpc) is 2.50. The highest BCUT2D eigenvalue weighted by molar-refractivity contribution is 5.83. The fourth-order valence-corrected chi connectivity index (χ4v) is 2.51. The Balaban J connectivity index is 2.10. The summed E-state index contributed by atoms with van der Waals surface area (Å²) in [5.74, 6) is -0.292. The number of rotatable bonds is 3. The molecule has 100 valence electrons. The number of pyridine rings is 1. The van der Waals surface area contributed by atoms with E-state index in [1.54, 1.807) is 12.3 Å². The van der Waals surface area contributed by atoms with Crippen LogP contribution in [0.2, 0.25) is 0 Å². The van der Waals surface area contributed by atoms with Gasteiger partial charge in [-0.15, -0.1) is 0 Å². The normalized spacial score (nSPS) is 12.5. The molecular formula is C17H15FN2. The minimum Gasteiger partial charge on any atom is -0.309 e. The zero-order valence-electron chi connectivity index (χ0n) is 11.2. The van der Waals surface area contributed by atoms with Crippen LogP contribution in [0.15, 0.2) is 60.9 Å². The van der Waals surface area contributed by atoms with Crippen LogP contribution >= 0.6 is 0 Å². The molecule has 0 saturated heterocycles. The maximum Gasteiger partial charge on any atom is 0.146 e. The van der Waals surface area contributed by atoms with Gasteiger partial charge in [-0.1, -0.05) is 36.4 Å². The summed E-state index contributed by atoms with van der Waals surface area (Å²) in [7, 11) is 1.83. The van der Waals surface area contributed by atoms with E-state index >= 15 is 0 Å². The Morgan fingerprint density at radius 1 is 1.05 bits per heavy atom. The van der Waals surface area contributed by atoms with Gasteiger partial charge in [0.25, 0.3) is 0 Å². The van der Waals surface area contributed by atoms with Crippen LogP contribution in [0, 0.1) is 5.82 Å². The monoisotopic (exact) mass is 266 g/mol. The van der Waals surface area contributed by atoms with Crippen molar-refractivity contribution in [1.29, 1.82) is 0 Å². The van der Waals surface area contributed by atoms with Crippen molar-refractivity contribution in [2.75, 3.05) is 7.05 Å². The van der Waals surface area contributed by atoms with Gasteiger partial charge in [0.1, 0.15) is 5.82 Å². The summed E-state index contributed by atoms with van der Waals surface area (Å²) in [6, 6.07) is 15.9. The molecule has 0 amide bonds. The van der Waals surface area contributed by atoms with Crippen molar-refractivity contribution in [2.24, 2.45) is 0 Å². The second-order valence-corrected chi connectivity index (χ2v) is 4.73. The maximum atomic E-state index is 13.9. The number of nitrogens with one attached hydrogen (secondary N) is 1. The quantitative estimate of drug-likeness (QED) is 0.782. The van der Waals surface area contributed by atoms with Crippen molar-refractivity contribution < 1.29 is 4.39 Å². The molecule has 1 N–H and O–H groups in total. The molecule has 0 aliphatic heterocycles. The summed E-state index contributed by atoms with van der Waals surface area (Å²) in [5, 5.41) is 5.51. The van der Waals surface area contributed by atoms with Gasteiger partial charge in [-0.25, -0.2) is 4.39 Å². The lowest BCUT2D eigenvalue weighted by atomic mass is 9.97. The summed E-state index contributed by atoms with van der Waals surface area (Å²) in [5.41, 5.74) is 1.65. The van der Waals surface area contributed by atoms with Crippen LogP contribution in [0.3, 0.4) is 0 Å². The van der Waals surface area contributed by atoms with Crippen LogP contribution in [0.4, 0.5) is 4.39 Å². The number of fused-ring (bicyclic) bond motifs is 1. The fourth-order valence-electron chi connectivity index (χ4n) is 2.51. The molecule has 1 atom stereocenters. The third kappa shape index (κ3) is 2.28. The Morgan fingerprint density at radius 3 is 2.60 bits per heavy atom. The molecule has 1 heterocycles. The fraction of sp³-hybridized carbons (Fsp3) is 0.118. The Labute approximate surface area is 117 Å². The van der Waals surface area contributed by atoms with Crippen molar-refractivity contribution in [2.45, 2.75) is 6.04 Å². The molecule has 3 rings (SSSR count). The molecule has 3 heteroatoms. The summed E-state index contributed by atoms with van der Waals surface area (Å²) in [6.45, 7) is 0. The van der Waals surface area contributed by atoms with E-state index in [1.807, 2.05) is 25.2 Å². The predicted molar refractivity (Wildman–Crippen MR) is 79.0 cm³/mol. The van der Waals surface area contributed by atoms with Crippen molar-refractivity contribution in [1.82, 2.24) is 10.3 Å². The Bertz CT molecular complexity index is 740. The lowest BCUT2D eigenvalue weighted by molar-refractivity contribution is 0.571. The first-order chi connectivity index (χ1) is 9.79. The summed E-state index contributed by atoms with van der Waals surface area (Å²) in [4.78, 5) is 3.80. The van der Waals surface area contributed by atoms with E-state index in [1.165, 1.54) is 11.6 Å². The van der Waals surface area contributed by atoms with Crippen molar-refractivity contribution >= 4 is 10.8 Å². The van der Waals surface area contributed by atoms with Crippen LogP contribution in [0.25, 0.3) is 10.8 Å². The molecule has 0 fully saturated rings. The van der Waals surface area contributed by atoms with Crippen LogP contribution in [0.5, 0.6) is 0 Å². The first-order valence-corrected chi connectivity index (χ1v) is 6.55. The van der Waals surface area contributed by atoms with E-state index < -0.39 is 0 Å². The van der Waals surface area contributed by atoms with Gasteiger partial charge in [-0.2, -0.15) is 0 Å². The molecule has 2 aromatic carbocycles. The highest BCUT2D eigenvalue weighted by atomic mass is 19.1. The largest absolute Gasteiger partial charge is 0.309 e. The van der Waals surface area contributed by atoms with Gasteiger partial charge in [0.2, 0.25) is 0 Å². The molecule has 20 heavy (non-hydrogen) atoms.